The summed E-state index contributed by atoms with van der Waals surface area (Å²) in [5.41, 5.74) is -0.0944. The average Bonchev–Trinajstić information content (AvgIpc) is 2.54. The minimum absolute atomic E-state index is 0.0957. The largest absolute Gasteiger partial charge is 0.480 e. The molecule has 0 heterocycles. The number of hydrogen-bond donors (Lipinski definition) is 2. The van der Waals surface area contributed by atoms with Crippen molar-refractivity contribution in [1.29, 1.82) is 0 Å². The summed E-state index contributed by atoms with van der Waals surface area (Å²) in [4.78, 5) is 24.0. The van der Waals surface area contributed by atoms with Gasteiger partial charge in [0.15, 0.2) is 0 Å². The SMILES string of the molecule is CC(Cc1ccccc1)(C(=O)O)C(=O)NCc1ccc(F)cc1. The second-order valence-electron chi connectivity index (χ2n) is 5.61. The molecule has 2 aromatic carbocycles. The van der Waals surface area contributed by atoms with Crippen LogP contribution in [-0.4, -0.2) is 17.0 Å². The normalized spacial score (nSPS) is 13.1. The van der Waals surface area contributed by atoms with E-state index in [4.69, 9.17) is 0 Å². The first-order valence-electron chi connectivity index (χ1n) is 7.22. The number of amides is 1. The lowest BCUT2D eigenvalue weighted by atomic mass is 9.82. The van der Waals surface area contributed by atoms with E-state index in [1.54, 1.807) is 36.4 Å². The smallest absolute Gasteiger partial charge is 0.319 e. The second kappa shape index (κ2) is 7.05. The Kier molecular flexibility index (Phi) is 5.11. The lowest BCUT2D eigenvalue weighted by Gasteiger charge is -2.24. The fourth-order valence-electron chi connectivity index (χ4n) is 2.24. The maximum absolute atomic E-state index is 12.9. The van der Waals surface area contributed by atoms with Gasteiger partial charge in [0.05, 0.1) is 0 Å². The first kappa shape index (κ1) is 16.7. The van der Waals surface area contributed by atoms with Crippen LogP contribution in [0.2, 0.25) is 0 Å². The summed E-state index contributed by atoms with van der Waals surface area (Å²) in [5, 5.41) is 12.1. The summed E-state index contributed by atoms with van der Waals surface area (Å²) >= 11 is 0. The molecule has 5 heteroatoms. The van der Waals surface area contributed by atoms with Gasteiger partial charge in [-0.25, -0.2) is 4.39 Å². The first-order valence-corrected chi connectivity index (χ1v) is 7.22. The fraction of sp³-hybridized carbons (Fsp3) is 0.222. The molecule has 0 fully saturated rings. The fourth-order valence-corrected chi connectivity index (χ4v) is 2.24. The van der Waals surface area contributed by atoms with Crippen LogP contribution in [0, 0.1) is 11.2 Å². The Labute approximate surface area is 134 Å². The van der Waals surface area contributed by atoms with E-state index in [2.05, 4.69) is 5.32 Å². The Morgan fingerprint density at radius 3 is 2.22 bits per heavy atom. The van der Waals surface area contributed by atoms with Crippen molar-refractivity contribution >= 4 is 11.9 Å². The molecular formula is C18H18FNO3. The van der Waals surface area contributed by atoms with Crippen LogP contribution < -0.4 is 5.32 Å². The molecule has 23 heavy (non-hydrogen) atoms. The van der Waals surface area contributed by atoms with Gasteiger partial charge in [-0.3, -0.25) is 9.59 Å². The van der Waals surface area contributed by atoms with Crippen molar-refractivity contribution in [3.05, 3.63) is 71.5 Å². The molecule has 4 nitrogen and oxygen atoms in total. The van der Waals surface area contributed by atoms with Crippen LogP contribution in [0.15, 0.2) is 54.6 Å². The summed E-state index contributed by atoms with van der Waals surface area (Å²) in [7, 11) is 0. The third-order valence-corrected chi connectivity index (χ3v) is 3.74. The highest BCUT2D eigenvalue weighted by atomic mass is 19.1. The number of benzene rings is 2. The van der Waals surface area contributed by atoms with Gasteiger partial charge in [0.2, 0.25) is 5.91 Å². The maximum Gasteiger partial charge on any atom is 0.319 e. The monoisotopic (exact) mass is 315 g/mol. The molecule has 0 aliphatic rings. The predicted molar refractivity (Wildman–Crippen MR) is 84.1 cm³/mol. The summed E-state index contributed by atoms with van der Waals surface area (Å²) in [6, 6.07) is 14.7. The number of carboxylic acids is 1. The quantitative estimate of drug-likeness (QED) is 0.806. The minimum atomic E-state index is -1.57. The summed E-state index contributed by atoms with van der Waals surface area (Å²) in [6.45, 7) is 1.55. The molecule has 0 radical (unpaired) electrons. The van der Waals surface area contributed by atoms with Crippen LogP contribution in [0.1, 0.15) is 18.1 Å². The second-order valence-corrected chi connectivity index (χ2v) is 5.61. The van der Waals surface area contributed by atoms with E-state index in [0.29, 0.717) is 5.56 Å². The maximum atomic E-state index is 12.9. The van der Waals surface area contributed by atoms with Crippen LogP contribution >= 0.6 is 0 Å². The van der Waals surface area contributed by atoms with E-state index < -0.39 is 17.3 Å². The van der Waals surface area contributed by atoms with E-state index in [-0.39, 0.29) is 18.8 Å². The van der Waals surface area contributed by atoms with Crippen molar-refractivity contribution in [3.8, 4) is 0 Å². The topological polar surface area (TPSA) is 66.4 Å². The van der Waals surface area contributed by atoms with Gasteiger partial charge in [-0.15, -0.1) is 0 Å². The summed E-state index contributed by atoms with van der Waals surface area (Å²) < 4.78 is 12.9. The van der Waals surface area contributed by atoms with Gasteiger partial charge in [0.1, 0.15) is 11.2 Å². The third-order valence-electron chi connectivity index (χ3n) is 3.74. The molecular weight excluding hydrogens is 297 g/mol. The summed E-state index contributed by atoms with van der Waals surface area (Å²) in [5.74, 6) is -2.12. The lowest BCUT2D eigenvalue weighted by Crippen LogP contribution is -2.45. The highest BCUT2D eigenvalue weighted by Crippen LogP contribution is 2.23. The molecule has 0 spiro atoms. The van der Waals surface area contributed by atoms with Crippen molar-refractivity contribution < 1.29 is 19.1 Å². The molecule has 0 saturated carbocycles. The molecule has 2 rings (SSSR count). The van der Waals surface area contributed by atoms with Crippen molar-refractivity contribution in [2.75, 3.05) is 0 Å². The van der Waals surface area contributed by atoms with Gasteiger partial charge >= 0.3 is 5.97 Å². The van der Waals surface area contributed by atoms with Crippen LogP contribution in [0.25, 0.3) is 0 Å². The molecule has 0 saturated heterocycles. The average molecular weight is 315 g/mol. The molecule has 0 aliphatic carbocycles. The molecule has 0 aliphatic heterocycles. The first-order chi connectivity index (χ1) is 10.9. The lowest BCUT2D eigenvalue weighted by molar-refractivity contribution is -0.154. The number of nitrogens with one attached hydrogen (secondary N) is 1. The molecule has 2 aromatic rings. The van der Waals surface area contributed by atoms with Gasteiger partial charge in [-0.05, 0) is 36.6 Å². The van der Waals surface area contributed by atoms with Crippen LogP contribution in [0.4, 0.5) is 4.39 Å². The van der Waals surface area contributed by atoms with Crippen LogP contribution in [0.5, 0.6) is 0 Å². The molecule has 1 atom stereocenters. The Hall–Kier alpha value is -2.69. The zero-order chi connectivity index (χ0) is 16.9. The molecule has 2 N–H and O–H groups in total. The van der Waals surface area contributed by atoms with Crippen molar-refractivity contribution in [2.24, 2.45) is 5.41 Å². The molecule has 0 bridgehead atoms. The van der Waals surface area contributed by atoms with Crippen LogP contribution in [0.3, 0.4) is 0 Å². The Bertz CT molecular complexity index is 685. The van der Waals surface area contributed by atoms with Gasteiger partial charge in [0.25, 0.3) is 0 Å². The zero-order valence-electron chi connectivity index (χ0n) is 12.8. The van der Waals surface area contributed by atoms with Gasteiger partial charge in [-0.1, -0.05) is 42.5 Å². The number of aliphatic carboxylic acids is 1. The van der Waals surface area contributed by atoms with Gasteiger partial charge in [-0.2, -0.15) is 0 Å². The van der Waals surface area contributed by atoms with Crippen molar-refractivity contribution in [3.63, 3.8) is 0 Å². The Morgan fingerprint density at radius 2 is 1.65 bits per heavy atom. The number of hydrogen-bond acceptors (Lipinski definition) is 2. The number of carboxylic acid groups (broad SMARTS) is 1. The number of carbonyl (C=O) groups is 2. The number of carbonyl (C=O) groups excluding carboxylic acids is 1. The minimum Gasteiger partial charge on any atom is -0.480 e. The molecule has 120 valence electrons. The van der Waals surface area contributed by atoms with Crippen LogP contribution in [-0.2, 0) is 22.6 Å². The molecule has 1 amide bonds. The number of rotatable bonds is 6. The van der Waals surface area contributed by atoms with Gasteiger partial charge in [0, 0.05) is 6.54 Å². The van der Waals surface area contributed by atoms with Crippen molar-refractivity contribution in [1.82, 2.24) is 5.32 Å². The highest BCUT2D eigenvalue weighted by Gasteiger charge is 2.41. The third kappa shape index (κ3) is 4.16. The summed E-state index contributed by atoms with van der Waals surface area (Å²) in [6.07, 6.45) is 0.0957. The highest BCUT2D eigenvalue weighted by molar-refractivity contribution is 6.01. The Balaban J connectivity index is 2.08. The van der Waals surface area contributed by atoms with Gasteiger partial charge < -0.3 is 10.4 Å². The molecule has 1 unspecified atom stereocenters. The van der Waals surface area contributed by atoms with E-state index in [1.807, 2.05) is 6.07 Å². The standard InChI is InChI=1S/C18H18FNO3/c1-18(17(22)23,11-13-5-3-2-4-6-13)16(21)20-12-14-7-9-15(19)10-8-14/h2-10H,11-12H2,1H3,(H,20,21)(H,22,23). The Morgan fingerprint density at radius 1 is 1.04 bits per heavy atom. The number of halogens is 1. The zero-order valence-corrected chi connectivity index (χ0v) is 12.8. The molecule has 0 aromatic heterocycles. The van der Waals surface area contributed by atoms with E-state index in [9.17, 15) is 19.1 Å². The van der Waals surface area contributed by atoms with E-state index in [0.717, 1.165) is 5.56 Å². The van der Waals surface area contributed by atoms with E-state index >= 15 is 0 Å². The predicted octanol–water partition coefficient (Wildman–Crippen LogP) is 2.78. The van der Waals surface area contributed by atoms with E-state index in [1.165, 1.54) is 19.1 Å². The van der Waals surface area contributed by atoms with Crippen molar-refractivity contribution in [2.45, 2.75) is 19.9 Å².